The summed E-state index contributed by atoms with van der Waals surface area (Å²) in [5.74, 6) is -5.16. The maximum absolute atomic E-state index is 13.8. The predicted molar refractivity (Wildman–Crippen MR) is 177 cm³/mol. The van der Waals surface area contributed by atoms with Gasteiger partial charge in [0, 0.05) is 39.5 Å². The number of carbonyl (C=O) groups is 7. The highest BCUT2D eigenvalue weighted by atomic mass is 16.4. The molecule has 2 aliphatic rings. The van der Waals surface area contributed by atoms with Gasteiger partial charge in [-0.15, -0.1) is 0 Å². The molecule has 0 aliphatic carbocycles. The molecule has 20 nitrogen and oxygen atoms in total. The van der Waals surface area contributed by atoms with Crippen LogP contribution in [-0.4, -0.2) is 125 Å². The van der Waals surface area contributed by atoms with Crippen molar-refractivity contribution >= 4 is 53.3 Å². The molecule has 0 radical (unpaired) electrons. The van der Waals surface area contributed by atoms with E-state index in [9.17, 15) is 38.7 Å². The molecule has 6 amide bonds. The summed E-state index contributed by atoms with van der Waals surface area (Å²) in [7, 11) is 0. The fourth-order valence-electron chi connectivity index (χ4n) is 5.85. The number of guanidine groups is 2. The fraction of sp³-hybridized carbons (Fsp3) is 0.690. The van der Waals surface area contributed by atoms with Crippen LogP contribution in [0.2, 0.25) is 0 Å². The molecule has 274 valence electrons. The second-order valence-electron chi connectivity index (χ2n) is 12.0. The van der Waals surface area contributed by atoms with E-state index in [1.165, 1.54) is 16.7 Å². The van der Waals surface area contributed by atoms with Crippen LogP contribution < -0.4 is 44.6 Å². The molecule has 0 spiro atoms. The molecular formula is C29H50N12O8. The summed E-state index contributed by atoms with van der Waals surface area (Å²) in [6.07, 6.45) is 1.89. The van der Waals surface area contributed by atoms with Gasteiger partial charge in [-0.1, -0.05) is 0 Å². The highest BCUT2D eigenvalue weighted by Gasteiger charge is 2.42. The van der Waals surface area contributed by atoms with Crippen molar-refractivity contribution in [1.82, 2.24) is 25.8 Å². The lowest BCUT2D eigenvalue weighted by Gasteiger charge is -2.32. The third-order valence-corrected chi connectivity index (χ3v) is 8.15. The average Bonchev–Trinajstić information content (AvgIpc) is 3.71. The number of primary amides is 1. The Morgan fingerprint density at radius 3 is 1.53 bits per heavy atom. The Morgan fingerprint density at radius 1 is 0.694 bits per heavy atom. The Balaban J connectivity index is 2.18. The van der Waals surface area contributed by atoms with Crippen molar-refractivity contribution in [1.29, 1.82) is 0 Å². The molecule has 49 heavy (non-hydrogen) atoms. The van der Waals surface area contributed by atoms with Gasteiger partial charge in [-0.05, 0) is 57.8 Å². The predicted octanol–water partition coefficient (Wildman–Crippen LogP) is -4.10. The van der Waals surface area contributed by atoms with Gasteiger partial charge in [0.15, 0.2) is 11.9 Å². The molecule has 5 atom stereocenters. The number of aliphatic imine (C=N–C) groups is 2. The van der Waals surface area contributed by atoms with Gasteiger partial charge in [0.1, 0.15) is 30.2 Å². The summed E-state index contributed by atoms with van der Waals surface area (Å²) in [6, 6.07) is -5.48. The molecule has 0 aromatic rings. The number of nitrogens with zero attached hydrogens (tertiary/aromatic N) is 4. The normalized spacial score (nSPS) is 18.8. The molecule has 2 rings (SSSR count). The van der Waals surface area contributed by atoms with E-state index in [1.807, 2.05) is 0 Å². The summed E-state index contributed by atoms with van der Waals surface area (Å²) < 4.78 is 0. The SMILES string of the molecule is CC(=O)N[C@@H](CCCN=C(N)N)C(=O)N1CCC[C@H]1C(=O)N[C@@H](CCC(N)=O)C(=O)N1CCC[C@H]1C(=O)N[C@@H](CCCN=C(N)N)C(=O)O. The summed E-state index contributed by atoms with van der Waals surface area (Å²) in [4.78, 5) is 99.9. The van der Waals surface area contributed by atoms with Crippen LogP contribution in [0.1, 0.15) is 71.1 Å². The minimum absolute atomic E-state index is 0.0332. The third-order valence-electron chi connectivity index (χ3n) is 8.15. The number of nitrogens with two attached hydrogens (primary N) is 5. The van der Waals surface area contributed by atoms with Crippen molar-refractivity contribution in [3.8, 4) is 0 Å². The molecule has 0 aromatic heterocycles. The molecule has 0 aromatic carbocycles. The van der Waals surface area contributed by atoms with E-state index in [1.54, 1.807) is 0 Å². The molecule has 14 N–H and O–H groups in total. The molecule has 2 fully saturated rings. The van der Waals surface area contributed by atoms with Crippen LogP contribution in [0.4, 0.5) is 0 Å². The molecule has 2 saturated heterocycles. The first kappa shape index (κ1) is 40.0. The topological polar surface area (TPSA) is 337 Å². The second-order valence-corrected chi connectivity index (χ2v) is 12.0. The Bertz CT molecular complexity index is 1280. The third kappa shape index (κ3) is 13.1. The number of likely N-dealkylation sites (tertiary alicyclic amines) is 2. The zero-order valence-electron chi connectivity index (χ0n) is 27.8. The van der Waals surface area contributed by atoms with Crippen LogP contribution in [0.15, 0.2) is 9.98 Å². The number of carbonyl (C=O) groups excluding carboxylic acids is 6. The molecule has 20 heteroatoms. The minimum atomic E-state index is -1.27. The molecule has 0 saturated carbocycles. The number of aliphatic carboxylic acids is 1. The van der Waals surface area contributed by atoms with Crippen molar-refractivity contribution in [3.63, 3.8) is 0 Å². The Hall–Kier alpha value is -5.17. The highest BCUT2D eigenvalue weighted by Crippen LogP contribution is 2.23. The van der Waals surface area contributed by atoms with E-state index in [2.05, 4.69) is 25.9 Å². The van der Waals surface area contributed by atoms with Crippen LogP contribution in [0.25, 0.3) is 0 Å². The van der Waals surface area contributed by atoms with Crippen molar-refractivity contribution in [3.05, 3.63) is 0 Å². The largest absolute Gasteiger partial charge is 0.480 e. The summed E-state index contributed by atoms with van der Waals surface area (Å²) in [6.45, 7) is 2.03. The quantitative estimate of drug-likeness (QED) is 0.0354. The Kier molecular flexibility index (Phi) is 16.0. The monoisotopic (exact) mass is 694 g/mol. The number of nitrogens with one attached hydrogen (secondary N) is 3. The van der Waals surface area contributed by atoms with Gasteiger partial charge in [0.05, 0.1) is 0 Å². The molecule has 0 bridgehead atoms. The van der Waals surface area contributed by atoms with Crippen molar-refractivity contribution in [2.45, 2.75) is 101 Å². The number of rotatable bonds is 19. The van der Waals surface area contributed by atoms with Crippen LogP contribution in [-0.2, 0) is 33.6 Å². The first-order chi connectivity index (χ1) is 23.1. The van der Waals surface area contributed by atoms with E-state index in [0.717, 1.165) is 0 Å². The number of amides is 6. The fourth-order valence-corrected chi connectivity index (χ4v) is 5.85. The van der Waals surface area contributed by atoms with Crippen LogP contribution >= 0.6 is 0 Å². The van der Waals surface area contributed by atoms with Gasteiger partial charge in [-0.3, -0.25) is 38.8 Å². The molecule has 0 unspecified atom stereocenters. The van der Waals surface area contributed by atoms with Gasteiger partial charge >= 0.3 is 5.97 Å². The zero-order chi connectivity index (χ0) is 36.7. The van der Waals surface area contributed by atoms with Gasteiger partial charge in [0.2, 0.25) is 35.4 Å². The zero-order valence-corrected chi connectivity index (χ0v) is 27.8. The van der Waals surface area contributed by atoms with Crippen LogP contribution in [0.3, 0.4) is 0 Å². The van der Waals surface area contributed by atoms with E-state index in [0.29, 0.717) is 19.3 Å². The molecule has 2 heterocycles. The highest BCUT2D eigenvalue weighted by molar-refractivity contribution is 5.96. The van der Waals surface area contributed by atoms with Gasteiger partial charge in [0.25, 0.3) is 0 Å². The number of hydrogen-bond acceptors (Lipinski definition) is 9. The number of hydrogen-bond donors (Lipinski definition) is 9. The lowest BCUT2D eigenvalue weighted by atomic mass is 10.1. The maximum atomic E-state index is 13.8. The van der Waals surface area contributed by atoms with E-state index in [4.69, 9.17) is 28.7 Å². The minimum Gasteiger partial charge on any atom is -0.480 e. The lowest BCUT2D eigenvalue weighted by molar-refractivity contribution is -0.146. The first-order valence-corrected chi connectivity index (χ1v) is 16.2. The second kappa shape index (κ2) is 19.6. The van der Waals surface area contributed by atoms with Crippen LogP contribution in [0.5, 0.6) is 0 Å². The number of carboxylic acids is 1. The Morgan fingerprint density at radius 2 is 1.12 bits per heavy atom. The molecular weight excluding hydrogens is 644 g/mol. The summed E-state index contributed by atoms with van der Waals surface area (Å²) >= 11 is 0. The first-order valence-electron chi connectivity index (χ1n) is 16.2. The standard InChI is InChI=1S/C29H50N12O8/c1-16(42)37-17(6-2-12-35-28(31)32)25(46)40-14-4-8-20(40)23(44)38-18(10-11-22(30)43)26(47)41-15-5-9-21(41)24(45)39-19(27(48)49)7-3-13-36-29(33)34/h17-21H,2-15H2,1H3,(H2,30,43)(H,37,42)(H,38,44)(H,39,45)(H,48,49)(H4,31,32,35)(H4,33,34,36)/t17-,18-,19-,20-,21-/m0/s1. The smallest absolute Gasteiger partial charge is 0.326 e. The van der Waals surface area contributed by atoms with Crippen molar-refractivity contribution < 1.29 is 38.7 Å². The Labute approximate surface area is 284 Å². The van der Waals surface area contributed by atoms with E-state index < -0.39 is 71.6 Å². The average molecular weight is 695 g/mol. The molecule has 2 aliphatic heterocycles. The van der Waals surface area contributed by atoms with Crippen molar-refractivity contribution in [2.75, 3.05) is 26.2 Å². The van der Waals surface area contributed by atoms with Crippen molar-refractivity contribution in [2.24, 2.45) is 38.7 Å². The van der Waals surface area contributed by atoms with Gasteiger partial charge in [-0.25, -0.2) is 4.79 Å². The lowest BCUT2D eigenvalue weighted by Crippen LogP contribution is -2.58. The number of carboxylic acid groups (broad SMARTS) is 1. The van der Waals surface area contributed by atoms with Gasteiger partial charge in [-0.2, -0.15) is 0 Å². The summed E-state index contributed by atoms with van der Waals surface area (Å²) in [5, 5.41) is 17.4. The summed E-state index contributed by atoms with van der Waals surface area (Å²) in [5.41, 5.74) is 26.6. The van der Waals surface area contributed by atoms with E-state index in [-0.39, 0.29) is 83.0 Å². The van der Waals surface area contributed by atoms with E-state index >= 15 is 0 Å². The van der Waals surface area contributed by atoms with Gasteiger partial charge < -0.3 is 59.5 Å². The van der Waals surface area contributed by atoms with Crippen LogP contribution in [0, 0.1) is 0 Å². The maximum Gasteiger partial charge on any atom is 0.326 e.